The molecule has 0 aromatic heterocycles. The maximum Gasteiger partial charge on any atom is 0.325 e. The third kappa shape index (κ3) is 3.91. The van der Waals surface area contributed by atoms with Crippen LogP contribution in [0.15, 0.2) is 48.5 Å². The maximum atomic E-state index is 13.1. The maximum absolute atomic E-state index is 13.1. The van der Waals surface area contributed by atoms with Crippen molar-refractivity contribution in [2.75, 3.05) is 25.0 Å². The third-order valence-electron chi connectivity index (χ3n) is 5.13. The van der Waals surface area contributed by atoms with Crippen LogP contribution in [0, 0.1) is 5.82 Å². The number of nitrogens with one attached hydrogen (secondary N) is 3. The van der Waals surface area contributed by atoms with Crippen molar-refractivity contribution in [3.05, 3.63) is 59.9 Å². The van der Waals surface area contributed by atoms with Crippen molar-refractivity contribution >= 4 is 29.4 Å². The normalized spacial score (nSPS) is 19.5. The second-order valence-corrected chi connectivity index (χ2v) is 7.15. The molecule has 0 unspecified atom stereocenters. The van der Waals surface area contributed by atoms with Crippen LogP contribution in [0.5, 0.6) is 5.75 Å². The van der Waals surface area contributed by atoms with Gasteiger partial charge in [-0.15, -0.1) is 0 Å². The lowest BCUT2D eigenvalue weighted by Gasteiger charge is -2.33. The van der Waals surface area contributed by atoms with Crippen molar-refractivity contribution in [2.45, 2.75) is 12.0 Å². The lowest BCUT2D eigenvalue weighted by atomic mass is 9.84. The highest BCUT2D eigenvalue weighted by atomic mass is 19.1. The van der Waals surface area contributed by atoms with Gasteiger partial charge >= 0.3 is 6.03 Å². The third-order valence-corrected chi connectivity index (χ3v) is 5.13. The highest BCUT2D eigenvalue weighted by Crippen LogP contribution is 2.40. The van der Waals surface area contributed by atoms with Crippen molar-refractivity contribution in [3.8, 4) is 5.75 Å². The molecule has 0 saturated carbocycles. The molecule has 5 amide bonds. The van der Waals surface area contributed by atoms with E-state index in [-0.39, 0.29) is 19.6 Å². The molecule has 2 aliphatic rings. The number of ether oxygens (including phenoxy) is 1. The molecule has 2 aromatic rings. The Morgan fingerprint density at radius 2 is 1.84 bits per heavy atom. The molecule has 1 saturated heterocycles. The Kier molecular flexibility index (Phi) is 5.28. The first-order valence-electron chi connectivity index (χ1n) is 9.57. The molecular formula is C21H19FN4O5. The number of halogens is 1. The van der Waals surface area contributed by atoms with Crippen molar-refractivity contribution in [3.63, 3.8) is 0 Å². The molecule has 4 rings (SSSR count). The lowest BCUT2D eigenvalue weighted by Crippen LogP contribution is -2.48. The number of amides is 5. The largest absolute Gasteiger partial charge is 0.493 e. The van der Waals surface area contributed by atoms with Crippen LogP contribution >= 0.6 is 0 Å². The number of urea groups is 1. The first-order chi connectivity index (χ1) is 14.9. The number of carbonyl (C=O) groups is 4. The van der Waals surface area contributed by atoms with Gasteiger partial charge in [-0.25, -0.2) is 9.18 Å². The van der Waals surface area contributed by atoms with Crippen molar-refractivity contribution in [1.29, 1.82) is 0 Å². The predicted molar refractivity (Wildman–Crippen MR) is 107 cm³/mol. The summed E-state index contributed by atoms with van der Waals surface area (Å²) in [6, 6.07) is 11.4. The van der Waals surface area contributed by atoms with Gasteiger partial charge in [-0.2, -0.15) is 0 Å². The van der Waals surface area contributed by atoms with Gasteiger partial charge in [-0.05, 0) is 30.3 Å². The number of carbonyl (C=O) groups excluding carboxylic acids is 4. The van der Waals surface area contributed by atoms with Crippen molar-refractivity contribution < 1.29 is 28.3 Å². The van der Waals surface area contributed by atoms with E-state index in [9.17, 15) is 23.6 Å². The van der Waals surface area contributed by atoms with Gasteiger partial charge < -0.3 is 20.7 Å². The monoisotopic (exact) mass is 426 g/mol. The van der Waals surface area contributed by atoms with E-state index in [1.165, 1.54) is 24.3 Å². The first-order valence-corrected chi connectivity index (χ1v) is 9.57. The van der Waals surface area contributed by atoms with E-state index >= 15 is 0 Å². The molecule has 1 fully saturated rings. The number of rotatable bonds is 5. The number of hydrogen-bond donors (Lipinski definition) is 3. The fraction of sp³-hybridized carbons (Fsp3) is 0.238. The molecule has 3 N–H and O–H groups in total. The molecule has 0 aliphatic carbocycles. The minimum Gasteiger partial charge on any atom is -0.493 e. The van der Waals surface area contributed by atoms with Crippen LogP contribution in [0.1, 0.15) is 12.0 Å². The zero-order chi connectivity index (χ0) is 22.0. The second kappa shape index (κ2) is 8.05. The molecular weight excluding hydrogens is 407 g/mol. The molecule has 1 atom stereocenters. The number of hydrogen-bond acceptors (Lipinski definition) is 5. The highest BCUT2D eigenvalue weighted by Gasteiger charge is 2.55. The number of para-hydroxylation sites is 1. The van der Waals surface area contributed by atoms with Gasteiger partial charge in [-0.1, -0.05) is 18.2 Å². The molecule has 0 bridgehead atoms. The van der Waals surface area contributed by atoms with E-state index in [1.54, 1.807) is 24.3 Å². The summed E-state index contributed by atoms with van der Waals surface area (Å²) in [6.07, 6.45) is 0.243. The van der Waals surface area contributed by atoms with Crippen molar-refractivity contribution in [1.82, 2.24) is 15.5 Å². The fourth-order valence-corrected chi connectivity index (χ4v) is 3.63. The summed E-state index contributed by atoms with van der Waals surface area (Å²) in [6.45, 7) is -0.659. The Hall–Kier alpha value is -3.95. The van der Waals surface area contributed by atoms with Gasteiger partial charge in [0.2, 0.25) is 11.8 Å². The van der Waals surface area contributed by atoms with E-state index in [2.05, 4.69) is 16.0 Å². The topological polar surface area (TPSA) is 117 Å². The molecule has 2 aromatic carbocycles. The molecule has 0 radical (unpaired) electrons. The van der Waals surface area contributed by atoms with Gasteiger partial charge in [0, 0.05) is 17.7 Å². The Balaban J connectivity index is 1.37. The summed E-state index contributed by atoms with van der Waals surface area (Å²) >= 11 is 0. The van der Waals surface area contributed by atoms with Crippen LogP contribution in [0.25, 0.3) is 0 Å². The average molecular weight is 426 g/mol. The standard InChI is InChI=1S/C21H19FN4O5/c22-13-5-7-14(8-6-13)24-17(27)11-23-18(28)12-26-19(29)21(25-20(26)30)9-10-31-16-4-2-1-3-15(16)21/h1-8H,9-12H2,(H,23,28)(H,24,27)(H,25,30)/t21-/m1/s1. The Labute approximate surface area is 176 Å². The quantitative estimate of drug-likeness (QED) is 0.620. The number of benzene rings is 2. The summed E-state index contributed by atoms with van der Waals surface area (Å²) in [5.74, 6) is -1.68. The molecule has 10 heteroatoms. The Morgan fingerprint density at radius 3 is 2.61 bits per heavy atom. The Bertz CT molecular complexity index is 1060. The van der Waals surface area contributed by atoms with E-state index in [1.807, 2.05) is 0 Å². The molecule has 1 spiro atoms. The van der Waals surface area contributed by atoms with Crippen LogP contribution < -0.4 is 20.7 Å². The number of anilines is 1. The SMILES string of the molecule is O=C(CN1C(=O)N[C@@]2(CCOc3ccccc32)C1=O)NCC(=O)Nc1ccc(F)cc1. The summed E-state index contributed by atoms with van der Waals surface area (Å²) in [4.78, 5) is 50.6. The summed E-state index contributed by atoms with van der Waals surface area (Å²) in [7, 11) is 0. The zero-order valence-electron chi connectivity index (χ0n) is 16.3. The van der Waals surface area contributed by atoms with Crippen LogP contribution in [0.2, 0.25) is 0 Å². The predicted octanol–water partition coefficient (Wildman–Crippen LogP) is 1.11. The van der Waals surface area contributed by atoms with Gasteiger partial charge in [0.1, 0.15) is 18.1 Å². The molecule has 160 valence electrons. The average Bonchev–Trinajstić information content (AvgIpc) is 2.99. The summed E-state index contributed by atoms with van der Waals surface area (Å²) in [5, 5.41) is 7.57. The van der Waals surface area contributed by atoms with Gasteiger partial charge in [0.05, 0.1) is 13.2 Å². The molecule has 2 aliphatic heterocycles. The molecule has 31 heavy (non-hydrogen) atoms. The van der Waals surface area contributed by atoms with E-state index in [4.69, 9.17) is 4.74 Å². The van der Waals surface area contributed by atoms with E-state index < -0.39 is 41.7 Å². The summed E-state index contributed by atoms with van der Waals surface area (Å²) in [5.41, 5.74) is -0.359. The van der Waals surface area contributed by atoms with Gasteiger partial charge in [0.25, 0.3) is 5.91 Å². The lowest BCUT2D eigenvalue weighted by molar-refractivity contribution is -0.136. The van der Waals surface area contributed by atoms with Crippen molar-refractivity contribution in [2.24, 2.45) is 0 Å². The van der Waals surface area contributed by atoms with Crippen LogP contribution in [0.3, 0.4) is 0 Å². The fourth-order valence-electron chi connectivity index (χ4n) is 3.63. The van der Waals surface area contributed by atoms with E-state index in [0.717, 1.165) is 4.90 Å². The van der Waals surface area contributed by atoms with Gasteiger partial charge in [0.15, 0.2) is 5.54 Å². The zero-order valence-corrected chi connectivity index (χ0v) is 16.3. The van der Waals surface area contributed by atoms with Crippen LogP contribution in [0.4, 0.5) is 14.9 Å². The van der Waals surface area contributed by atoms with Gasteiger partial charge in [-0.3, -0.25) is 19.3 Å². The number of imide groups is 1. The second-order valence-electron chi connectivity index (χ2n) is 7.15. The minimum atomic E-state index is -1.27. The smallest absolute Gasteiger partial charge is 0.325 e. The molecule has 2 heterocycles. The number of nitrogens with zero attached hydrogens (tertiary/aromatic N) is 1. The summed E-state index contributed by atoms with van der Waals surface area (Å²) < 4.78 is 18.5. The highest BCUT2D eigenvalue weighted by molar-refractivity contribution is 6.10. The molecule has 9 nitrogen and oxygen atoms in total. The minimum absolute atomic E-state index is 0.243. The van der Waals surface area contributed by atoms with E-state index in [0.29, 0.717) is 17.0 Å². The van der Waals surface area contributed by atoms with Crippen LogP contribution in [-0.4, -0.2) is 48.3 Å². The van der Waals surface area contributed by atoms with Crippen LogP contribution in [-0.2, 0) is 19.9 Å². The first kappa shape index (κ1) is 20.3. The number of fused-ring (bicyclic) bond motifs is 2. The Morgan fingerprint density at radius 1 is 1.10 bits per heavy atom.